The zero-order valence-electron chi connectivity index (χ0n) is 10.6. The van der Waals surface area contributed by atoms with Gasteiger partial charge in [0, 0.05) is 6.42 Å². The fourth-order valence-corrected chi connectivity index (χ4v) is 2.24. The van der Waals surface area contributed by atoms with Gasteiger partial charge in [-0.1, -0.05) is 33.6 Å². The Labute approximate surface area is 93.4 Å². The molecule has 0 amide bonds. The molecule has 0 bridgehead atoms. The van der Waals surface area contributed by atoms with Crippen LogP contribution in [0, 0.1) is 17.8 Å². The molecule has 0 aliphatic heterocycles. The van der Waals surface area contributed by atoms with Gasteiger partial charge in [-0.15, -0.1) is 0 Å². The van der Waals surface area contributed by atoms with Gasteiger partial charge < -0.3 is 4.79 Å². The zero-order valence-corrected chi connectivity index (χ0v) is 10.6. The number of unbranched alkanes of at least 4 members (excludes halogenated alkanes) is 1. The number of Topliss-reactive ketones (excluding diaryl/α,β-unsaturated/α-hetero) is 1. The molecule has 0 aliphatic rings. The van der Waals surface area contributed by atoms with E-state index in [4.69, 9.17) is 0 Å². The predicted molar refractivity (Wildman–Crippen MR) is 62.6 cm³/mol. The van der Waals surface area contributed by atoms with Crippen LogP contribution in [-0.2, 0) is 4.79 Å². The molecule has 0 saturated carbocycles. The van der Waals surface area contributed by atoms with Gasteiger partial charge in [0.15, 0.2) is 0 Å². The molecule has 15 heavy (non-hydrogen) atoms. The molecule has 2 atom stereocenters. The van der Waals surface area contributed by atoms with Crippen LogP contribution < -0.4 is 0 Å². The summed E-state index contributed by atoms with van der Waals surface area (Å²) in [7, 11) is 0. The molecule has 0 aromatic carbocycles. The number of rotatable bonds is 8. The summed E-state index contributed by atoms with van der Waals surface area (Å²) in [5.41, 5.74) is 0. The van der Waals surface area contributed by atoms with E-state index in [0.29, 0.717) is 18.3 Å². The Kier molecular flexibility index (Phi) is 7.63. The summed E-state index contributed by atoms with van der Waals surface area (Å²) >= 11 is 0. The van der Waals surface area contributed by atoms with Gasteiger partial charge in [-0.2, -0.15) is 0 Å². The number of hydrogen-bond acceptors (Lipinski definition) is 1. The molecule has 0 heterocycles. The molecule has 90 valence electrons. The minimum atomic E-state index is -0.355. The molecule has 0 aromatic heterocycles. The first-order valence-electron chi connectivity index (χ1n) is 6.08. The van der Waals surface area contributed by atoms with Gasteiger partial charge in [0.1, 0.15) is 5.78 Å². The summed E-state index contributed by atoms with van der Waals surface area (Å²) < 4.78 is 12.9. The fourth-order valence-electron chi connectivity index (χ4n) is 2.24. The van der Waals surface area contributed by atoms with Crippen molar-refractivity contribution in [2.45, 2.75) is 53.4 Å². The summed E-state index contributed by atoms with van der Waals surface area (Å²) in [5.74, 6) is 0.879. The summed E-state index contributed by atoms with van der Waals surface area (Å²) in [5, 5.41) is 0. The van der Waals surface area contributed by atoms with Crippen LogP contribution in [0.2, 0.25) is 0 Å². The van der Waals surface area contributed by atoms with Gasteiger partial charge in [0.2, 0.25) is 0 Å². The van der Waals surface area contributed by atoms with E-state index in [1.165, 1.54) is 0 Å². The molecular weight excluding hydrogens is 191 g/mol. The largest absolute Gasteiger partial charge is 0.300 e. The van der Waals surface area contributed by atoms with Gasteiger partial charge in [0.05, 0.1) is 6.67 Å². The first kappa shape index (κ1) is 14.6. The topological polar surface area (TPSA) is 17.1 Å². The van der Waals surface area contributed by atoms with Crippen molar-refractivity contribution < 1.29 is 9.18 Å². The van der Waals surface area contributed by atoms with E-state index in [0.717, 1.165) is 19.3 Å². The van der Waals surface area contributed by atoms with Gasteiger partial charge in [-0.05, 0) is 31.1 Å². The van der Waals surface area contributed by atoms with Crippen molar-refractivity contribution in [3.8, 4) is 0 Å². The van der Waals surface area contributed by atoms with Crippen molar-refractivity contribution in [1.82, 2.24) is 0 Å². The van der Waals surface area contributed by atoms with Crippen molar-refractivity contribution in [1.29, 1.82) is 0 Å². The van der Waals surface area contributed by atoms with Crippen molar-refractivity contribution in [2.75, 3.05) is 6.67 Å². The molecule has 0 fully saturated rings. The second-order valence-corrected chi connectivity index (χ2v) is 4.87. The lowest BCUT2D eigenvalue weighted by atomic mass is 9.78. The van der Waals surface area contributed by atoms with Crippen LogP contribution in [0.4, 0.5) is 4.39 Å². The van der Waals surface area contributed by atoms with Crippen LogP contribution in [0.25, 0.3) is 0 Å². The average molecular weight is 216 g/mol. The number of halogens is 1. The van der Waals surface area contributed by atoms with E-state index in [-0.39, 0.29) is 18.4 Å². The summed E-state index contributed by atoms with van der Waals surface area (Å²) in [6.45, 7) is 7.60. The average Bonchev–Trinajstić information content (AvgIpc) is 2.15. The molecule has 0 aliphatic carbocycles. The quantitative estimate of drug-likeness (QED) is 0.599. The number of carbonyl (C=O) groups excluding carboxylic acids is 1. The molecule has 2 heteroatoms. The van der Waals surface area contributed by atoms with Crippen molar-refractivity contribution in [3.05, 3.63) is 0 Å². The highest BCUT2D eigenvalue weighted by atomic mass is 19.1. The Balaban J connectivity index is 4.33. The molecule has 0 rings (SSSR count). The monoisotopic (exact) mass is 216 g/mol. The Morgan fingerprint density at radius 3 is 2.27 bits per heavy atom. The second kappa shape index (κ2) is 7.84. The molecule has 0 spiro atoms. The summed E-state index contributed by atoms with van der Waals surface area (Å²) in [6, 6.07) is 0. The number of ketones is 1. The Morgan fingerprint density at radius 1 is 1.33 bits per heavy atom. The highest BCUT2D eigenvalue weighted by Gasteiger charge is 2.25. The number of carbonyl (C=O) groups is 1. The van der Waals surface area contributed by atoms with Crippen molar-refractivity contribution >= 4 is 5.78 Å². The third kappa shape index (κ3) is 5.91. The third-order valence-electron chi connectivity index (χ3n) is 3.10. The third-order valence-corrected chi connectivity index (χ3v) is 3.10. The lowest BCUT2D eigenvalue weighted by Crippen LogP contribution is -2.24. The van der Waals surface area contributed by atoms with Crippen molar-refractivity contribution in [3.63, 3.8) is 0 Å². The van der Waals surface area contributed by atoms with E-state index in [1.807, 2.05) is 0 Å². The highest BCUT2D eigenvalue weighted by molar-refractivity contribution is 5.75. The SMILES string of the molecule is CCCCC(C(C)C)[C@@H](CF)CC(C)=O. The number of hydrogen-bond donors (Lipinski definition) is 0. The number of alkyl halides is 1. The van der Waals surface area contributed by atoms with Crippen LogP contribution in [0.3, 0.4) is 0 Å². The zero-order chi connectivity index (χ0) is 11.8. The van der Waals surface area contributed by atoms with Gasteiger partial charge in [0.25, 0.3) is 0 Å². The van der Waals surface area contributed by atoms with Gasteiger partial charge in [-0.25, -0.2) is 0 Å². The minimum absolute atomic E-state index is 0.0611. The summed E-state index contributed by atoms with van der Waals surface area (Å²) in [4.78, 5) is 11.0. The molecule has 0 radical (unpaired) electrons. The van der Waals surface area contributed by atoms with Gasteiger partial charge in [-0.3, -0.25) is 4.39 Å². The second-order valence-electron chi connectivity index (χ2n) is 4.87. The molecule has 1 unspecified atom stereocenters. The smallest absolute Gasteiger partial charge is 0.130 e. The molecular formula is C13H25FO. The van der Waals surface area contributed by atoms with Crippen LogP contribution in [0.15, 0.2) is 0 Å². The van der Waals surface area contributed by atoms with Crippen LogP contribution in [0.5, 0.6) is 0 Å². The van der Waals surface area contributed by atoms with Crippen LogP contribution >= 0.6 is 0 Å². The lowest BCUT2D eigenvalue weighted by molar-refractivity contribution is -0.118. The van der Waals surface area contributed by atoms with E-state index in [1.54, 1.807) is 6.92 Å². The lowest BCUT2D eigenvalue weighted by Gasteiger charge is -2.27. The Hall–Kier alpha value is -0.400. The van der Waals surface area contributed by atoms with Crippen molar-refractivity contribution in [2.24, 2.45) is 17.8 Å². The van der Waals surface area contributed by atoms with Gasteiger partial charge >= 0.3 is 0 Å². The molecule has 0 aromatic rings. The molecule has 0 N–H and O–H groups in total. The Morgan fingerprint density at radius 2 is 1.93 bits per heavy atom. The van der Waals surface area contributed by atoms with E-state index < -0.39 is 0 Å². The van der Waals surface area contributed by atoms with E-state index in [9.17, 15) is 9.18 Å². The molecule has 1 nitrogen and oxygen atoms in total. The maximum Gasteiger partial charge on any atom is 0.130 e. The highest BCUT2D eigenvalue weighted by Crippen LogP contribution is 2.29. The normalized spacial score (nSPS) is 15.3. The summed E-state index contributed by atoms with van der Waals surface area (Å²) in [6.07, 6.45) is 3.73. The first-order valence-corrected chi connectivity index (χ1v) is 6.08. The fraction of sp³-hybridized carbons (Fsp3) is 0.923. The standard InChI is InChI=1S/C13H25FO/c1-5-6-7-13(10(2)3)12(9-14)8-11(4)15/h10,12-13H,5-9H2,1-4H3/t12-,13?/m1/s1. The molecule has 0 saturated heterocycles. The predicted octanol–water partition coefficient (Wildman–Crippen LogP) is 4.01. The van der Waals surface area contributed by atoms with Crippen LogP contribution in [0.1, 0.15) is 53.4 Å². The Bertz CT molecular complexity index is 177. The first-order chi connectivity index (χ1) is 7.02. The maximum atomic E-state index is 12.9. The van der Waals surface area contributed by atoms with E-state index >= 15 is 0 Å². The van der Waals surface area contributed by atoms with E-state index in [2.05, 4.69) is 20.8 Å². The van der Waals surface area contributed by atoms with Crippen LogP contribution in [-0.4, -0.2) is 12.5 Å². The maximum absolute atomic E-state index is 12.9. The minimum Gasteiger partial charge on any atom is -0.300 e.